The number of anilines is 1. The number of hydrogen-bond donors (Lipinski definition) is 1. The fourth-order valence-corrected chi connectivity index (χ4v) is 1.05. The van der Waals surface area contributed by atoms with Crippen LogP contribution in [0.2, 0.25) is 0 Å². The number of methoxy groups -OCH3 is 1. The Kier molecular flexibility index (Phi) is 4.00. The summed E-state index contributed by atoms with van der Waals surface area (Å²) in [5.41, 5.74) is 5.37. The summed E-state index contributed by atoms with van der Waals surface area (Å²) in [6.07, 6.45) is -6.52. The second kappa shape index (κ2) is 5.11. The second-order valence-electron chi connectivity index (χ2n) is 3.38. The first kappa shape index (κ1) is 14.1. The van der Waals surface area contributed by atoms with E-state index >= 15 is 0 Å². The van der Waals surface area contributed by atoms with Crippen LogP contribution in [0.3, 0.4) is 0 Å². The maximum atomic E-state index is 12.2. The molecule has 0 aliphatic rings. The van der Waals surface area contributed by atoms with E-state index in [1.54, 1.807) is 0 Å². The van der Waals surface area contributed by atoms with Crippen LogP contribution < -0.4 is 10.5 Å². The molecule has 0 aliphatic carbocycles. The normalized spacial score (nSPS) is 12.9. The number of nitrogens with zero attached hydrogens (tertiary/aromatic N) is 1. The topological polar surface area (TPSA) is 74.4 Å². The van der Waals surface area contributed by atoms with Crippen molar-refractivity contribution in [1.29, 1.82) is 0 Å². The molecule has 1 aromatic heterocycles. The molecule has 100 valence electrons. The summed E-state index contributed by atoms with van der Waals surface area (Å²) in [5.74, 6) is -1.30. The van der Waals surface area contributed by atoms with E-state index in [-0.39, 0.29) is 17.3 Å². The lowest BCUT2D eigenvalue weighted by Crippen LogP contribution is -2.31. The van der Waals surface area contributed by atoms with Crippen molar-refractivity contribution in [2.45, 2.75) is 19.2 Å². The number of carbonyl (C=O) groups is 1. The molecule has 0 unspecified atom stereocenters. The van der Waals surface area contributed by atoms with Gasteiger partial charge in [-0.25, -0.2) is 4.79 Å². The van der Waals surface area contributed by atoms with Gasteiger partial charge in [-0.3, -0.25) is 0 Å². The van der Waals surface area contributed by atoms with Crippen LogP contribution in [0.1, 0.15) is 17.3 Å². The number of carbonyl (C=O) groups excluding carboxylic acids is 1. The van der Waals surface area contributed by atoms with Gasteiger partial charge in [0.2, 0.25) is 5.88 Å². The first-order chi connectivity index (χ1) is 8.25. The lowest BCUT2D eigenvalue weighted by Gasteiger charge is -2.17. The molecule has 0 amide bonds. The Morgan fingerprint density at radius 1 is 1.44 bits per heavy atom. The predicted octanol–water partition coefficient (Wildman–Crippen LogP) is 1.78. The highest BCUT2D eigenvalue weighted by molar-refractivity contribution is 5.94. The number of alkyl halides is 3. The van der Waals surface area contributed by atoms with Crippen molar-refractivity contribution in [3.63, 3.8) is 0 Å². The van der Waals surface area contributed by atoms with Crippen LogP contribution in [0.5, 0.6) is 5.88 Å². The van der Waals surface area contributed by atoms with Crippen LogP contribution in [-0.2, 0) is 4.74 Å². The zero-order valence-corrected chi connectivity index (χ0v) is 9.62. The number of nitrogens with two attached hydrogens (primary N) is 1. The standard InChI is InChI=1S/C10H11F3N2O3/c1-5(10(11,12)13)18-7-4-3-6(8(14)15-7)9(16)17-2/h3-5H,1-2H3,(H2,14,15)/t5-/m0/s1. The Morgan fingerprint density at radius 3 is 2.50 bits per heavy atom. The lowest BCUT2D eigenvalue weighted by molar-refractivity contribution is -0.189. The molecule has 0 radical (unpaired) electrons. The minimum absolute atomic E-state index is 0.0375. The monoisotopic (exact) mass is 264 g/mol. The summed E-state index contributed by atoms with van der Waals surface area (Å²) in [5, 5.41) is 0. The van der Waals surface area contributed by atoms with E-state index in [2.05, 4.69) is 14.5 Å². The summed E-state index contributed by atoms with van der Waals surface area (Å²) in [6.45, 7) is 0.839. The van der Waals surface area contributed by atoms with Crippen molar-refractivity contribution in [2.24, 2.45) is 0 Å². The summed E-state index contributed by atoms with van der Waals surface area (Å²) < 4.78 is 45.7. The summed E-state index contributed by atoms with van der Waals surface area (Å²) >= 11 is 0. The van der Waals surface area contributed by atoms with E-state index < -0.39 is 18.2 Å². The zero-order chi connectivity index (χ0) is 13.9. The van der Waals surface area contributed by atoms with Gasteiger partial charge >= 0.3 is 12.1 Å². The highest BCUT2D eigenvalue weighted by atomic mass is 19.4. The van der Waals surface area contributed by atoms with Gasteiger partial charge in [-0.2, -0.15) is 18.2 Å². The highest BCUT2D eigenvalue weighted by Crippen LogP contribution is 2.25. The summed E-state index contributed by atoms with van der Waals surface area (Å²) in [4.78, 5) is 14.7. The van der Waals surface area contributed by atoms with Crippen LogP contribution in [-0.4, -0.2) is 30.3 Å². The predicted molar refractivity (Wildman–Crippen MR) is 56.1 cm³/mol. The van der Waals surface area contributed by atoms with Crippen LogP contribution in [0.4, 0.5) is 19.0 Å². The van der Waals surface area contributed by atoms with E-state index in [4.69, 9.17) is 5.73 Å². The van der Waals surface area contributed by atoms with Crippen molar-refractivity contribution in [3.8, 4) is 5.88 Å². The molecule has 1 heterocycles. The molecule has 0 aromatic carbocycles. The van der Waals surface area contributed by atoms with Gasteiger partial charge in [0, 0.05) is 6.07 Å². The lowest BCUT2D eigenvalue weighted by atomic mass is 10.2. The Labute approximate surface area is 101 Å². The second-order valence-corrected chi connectivity index (χ2v) is 3.38. The van der Waals surface area contributed by atoms with Crippen LogP contribution in [0.15, 0.2) is 12.1 Å². The van der Waals surface area contributed by atoms with E-state index in [0.29, 0.717) is 0 Å². The SMILES string of the molecule is COC(=O)c1ccc(O[C@@H](C)C(F)(F)F)nc1N. The third-order valence-corrected chi connectivity index (χ3v) is 2.06. The van der Waals surface area contributed by atoms with Crippen LogP contribution >= 0.6 is 0 Å². The largest absolute Gasteiger partial charge is 0.465 e. The summed E-state index contributed by atoms with van der Waals surface area (Å²) in [7, 11) is 1.15. The molecule has 18 heavy (non-hydrogen) atoms. The van der Waals surface area contributed by atoms with Gasteiger partial charge in [-0.05, 0) is 13.0 Å². The number of esters is 1. The zero-order valence-electron chi connectivity index (χ0n) is 9.62. The molecule has 0 aliphatic heterocycles. The highest BCUT2D eigenvalue weighted by Gasteiger charge is 2.38. The molecule has 1 aromatic rings. The fraction of sp³-hybridized carbons (Fsp3) is 0.400. The first-order valence-corrected chi connectivity index (χ1v) is 4.84. The minimum Gasteiger partial charge on any atom is -0.465 e. The Hall–Kier alpha value is -1.99. The van der Waals surface area contributed by atoms with Crippen LogP contribution in [0, 0.1) is 0 Å². The van der Waals surface area contributed by atoms with E-state index in [1.807, 2.05) is 0 Å². The molecule has 0 bridgehead atoms. The van der Waals surface area contributed by atoms with E-state index in [0.717, 1.165) is 20.1 Å². The molecule has 0 spiro atoms. The molecule has 0 saturated carbocycles. The Balaban J connectivity index is 2.89. The molecule has 2 N–H and O–H groups in total. The van der Waals surface area contributed by atoms with Gasteiger partial charge in [0.05, 0.1) is 7.11 Å². The van der Waals surface area contributed by atoms with Crippen LogP contribution in [0.25, 0.3) is 0 Å². The molecule has 0 saturated heterocycles. The van der Waals surface area contributed by atoms with Gasteiger partial charge in [0.1, 0.15) is 11.4 Å². The molecule has 1 rings (SSSR count). The average molecular weight is 264 g/mol. The molecule has 8 heteroatoms. The van der Waals surface area contributed by atoms with Crippen molar-refractivity contribution in [3.05, 3.63) is 17.7 Å². The third kappa shape index (κ3) is 3.25. The number of hydrogen-bond acceptors (Lipinski definition) is 5. The molecule has 1 atom stereocenters. The van der Waals surface area contributed by atoms with Gasteiger partial charge in [-0.15, -0.1) is 0 Å². The maximum Gasteiger partial charge on any atom is 0.425 e. The van der Waals surface area contributed by atoms with E-state index in [1.165, 1.54) is 6.07 Å². The van der Waals surface area contributed by atoms with Crippen molar-refractivity contribution < 1.29 is 27.4 Å². The number of halogens is 3. The quantitative estimate of drug-likeness (QED) is 0.842. The smallest absolute Gasteiger partial charge is 0.425 e. The fourth-order valence-electron chi connectivity index (χ4n) is 1.05. The molecular formula is C10H11F3N2O3. The molecule has 5 nitrogen and oxygen atoms in total. The van der Waals surface area contributed by atoms with Gasteiger partial charge in [0.15, 0.2) is 6.10 Å². The molecule has 0 fully saturated rings. The average Bonchev–Trinajstić information content (AvgIpc) is 2.27. The number of aromatic nitrogens is 1. The van der Waals surface area contributed by atoms with Crippen molar-refractivity contribution in [1.82, 2.24) is 4.98 Å². The minimum atomic E-state index is -4.50. The number of rotatable bonds is 3. The third-order valence-electron chi connectivity index (χ3n) is 2.06. The Bertz CT molecular complexity index is 448. The van der Waals surface area contributed by atoms with Crippen molar-refractivity contribution in [2.75, 3.05) is 12.8 Å². The number of pyridine rings is 1. The number of nitrogen functional groups attached to an aromatic ring is 1. The number of ether oxygens (including phenoxy) is 2. The molecular weight excluding hydrogens is 253 g/mol. The summed E-state index contributed by atoms with van der Waals surface area (Å²) in [6, 6.07) is 2.30. The van der Waals surface area contributed by atoms with Gasteiger partial charge in [0.25, 0.3) is 0 Å². The maximum absolute atomic E-state index is 12.2. The van der Waals surface area contributed by atoms with Gasteiger partial charge in [-0.1, -0.05) is 0 Å². The van der Waals surface area contributed by atoms with Gasteiger partial charge < -0.3 is 15.2 Å². The first-order valence-electron chi connectivity index (χ1n) is 4.84. The van der Waals surface area contributed by atoms with Crippen molar-refractivity contribution >= 4 is 11.8 Å². The van der Waals surface area contributed by atoms with E-state index in [9.17, 15) is 18.0 Å². The Morgan fingerprint density at radius 2 is 2.06 bits per heavy atom.